The Morgan fingerprint density at radius 3 is 2.89 bits per heavy atom. The Labute approximate surface area is 119 Å². The first-order chi connectivity index (χ1) is 9.20. The van der Waals surface area contributed by atoms with Crippen molar-refractivity contribution in [3.05, 3.63) is 58.3 Å². The van der Waals surface area contributed by atoms with Crippen LogP contribution in [0.4, 0.5) is 0 Å². The Kier molecular flexibility index (Phi) is 4.52. The third-order valence-corrected chi connectivity index (χ3v) is 3.06. The average molecular weight is 321 g/mol. The summed E-state index contributed by atoms with van der Waals surface area (Å²) in [4.78, 5) is 16.2. The molecule has 0 atom stereocenters. The number of carbonyl (C=O) groups excluding carboxylic acids is 1. The van der Waals surface area contributed by atoms with Crippen LogP contribution < -0.4 is 10.1 Å². The number of hydrogen-bond acceptors (Lipinski definition) is 3. The fourth-order valence-corrected chi connectivity index (χ4v) is 1.96. The number of aromatic nitrogens is 1. The summed E-state index contributed by atoms with van der Waals surface area (Å²) in [5.41, 5.74) is 1.31. The van der Waals surface area contributed by atoms with Gasteiger partial charge in [-0.2, -0.15) is 0 Å². The molecule has 2 aromatic rings. The summed E-state index contributed by atoms with van der Waals surface area (Å²) in [6.07, 6.45) is 1.70. The highest BCUT2D eigenvalue weighted by molar-refractivity contribution is 9.10. The largest absolute Gasteiger partial charge is 0.496 e. The predicted molar refractivity (Wildman–Crippen MR) is 76.1 cm³/mol. The van der Waals surface area contributed by atoms with Crippen molar-refractivity contribution in [2.24, 2.45) is 0 Å². The second-order valence-electron chi connectivity index (χ2n) is 3.85. The van der Waals surface area contributed by atoms with Crippen molar-refractivity contribution in [2.75, 3.05) is 7.11 Å². The number of nitrogens with zero attached hydrogens (tertiary/aromatic N) is 1. The van der Waals surface area contributed by atoms with Crippen molar-refractivity contribution in [1.29, 1.82) is 0 Å². The zero-order valence-electron chi connectivity index (χ0n) is 10.4. The van der Waals surface area contributed by atoms with Gasteiger partial charge in [-0.1, -0.05) is 22.0 Å². The van der Waals surface area contributed by atoms with E-state index < -0.39 is 0 Å². The third kappa shape index (κ3) is 3.54. The molecule has 0 aliphatic rings. The lowest BCUT2D eigenvalue weighted by atomic mass is 10.2. The molecule has 1 heterocycles. The van der Waals surface area contributed by atoms with Crippen LogP contribution in [0.2, 0.25) is 0 Å². The number of ether oxygens (including phenoxy) is 1. The summed E-state index contributed by atoms with van der Waals surface area (Å²) in [6, 6.07) is 10.9. The van der Waals surface area contributed by atoms with Crippen molar-refractivity contribution in [3.8, 4) is 5.75 Å². The monoisotopic (exact) mass is 320 g/mol. The van der Waals surface area contributed by atoms with E-state index in [-0.39, 0.29) is 5.91 Å². The van der Waals surface area contributed by atoms with Gasteiger partial charge in [0.05, 0.1) is 24.9 Å². The summed E-state index contributed by atoms with van der Waals surface area (Å²) in [5.74, 6) is 0.350. The minimum Gasteiger partial charge on any atom is -0.496 e. The van der Waals surface area contributed by atoms with E-state index in [0.717, 1.165) is 10.2 Å². The molecule has 1 aromatic heterocycles. The molecule has 5 heteroatoms. The van der Waals surface area contributed by atoms with Crippen LogP contribution in [0.25, 0.3) is 0 Å². The summed E-state index contributed by atoms with van der Waals surface area (Å²) >= 11 is 3.34. The Morgan fingerprint density at radius 2 is 2.21 bits per heavy atom. The number of amides is 1. The second kappa shape index (κ2) is 6.33. The van der Waals surface area contributed by atoms with Crippen LogP contribution in [-0.4, -0.2) is 18.0 Å². The first-order valence-corrected chi connectivity index (χ1v) is 6.51. The van der Waals surface area contributed by atoms with Gasteiger partial charge in [-0.25, -0.2) is 0 Å². The number of carbonyl (C=O) groups is 1. The van der Waals surface area contributed by atoms with Crippen molar-refractivity contribution in [1.82, 2.24) is 10.3 Å². The highest BCUT2D eigenvalue weighted by atomic mass is 79.9. The Hall–Kier alpha value is -1.88. The van der Waals surface area contributed by atoms with Gasteiger partial charge in [-0.3, -0.25) is 9.78 Å². The predicted octanol–water partition coefficient (Wildman–Crippen LogP) is 2.78. The van der Waals surface area contributed by atoms with E-state index in [9.17, 15) is 4.79 Å². The number of rotatable bonds is 4. The van der Waals surface area contributed by atoms with E-state index in [0.29, 0.717) is 17.9 Å². The molecular weight excluding hydrogens is 308 g/mol. The molecule has 0 bridgehead atoms. The molecule has 98 valence electrons. The molecule has 0 spiro atoms. The summed E-state index contributed by atoms with van der Waals surface area (Å²) in [5, 5.41) is 2.81. The van der Waals surface area contributed by atoms with Gasteiger partial charge in [0.15, 0.2) is 0 Å². The van der Waals surface area contributed by atoms with Gasteiger partial charge in [0, 0.05) is 10.7 Å². The Morgan fingerprint density at radius 1 is 1.37 bits per heavy atom. The summed E-state index contributed by atoms with van der Waals surface area (Å²) in [6.45, 7) is 0.388. The average Bonchev–Trinajstić information content (AvgIpc) is 2.45. The molecule has 0 aliphatic heterocycles. The number of benzene rings is 1. The van der Waals surface area contributed by atoms with E-state index in [1.54, 1.807) is 24.4 Å². The quantitative estimate of drug-likeness (QED) is 0.942. The lowest BCUT2D eigenvalue weighted by Crippen LogP contribution is -2.23. The van der Waals surface area contributed by atoms with Crippen molar-refractivity contribution in [3.63, 3.8) is 0 Å². The molecule has 1 N–H and O–H groups in total. The number of pyridine rings is 1. The summed E-state index contributed by atoms with van der Waals surface area (Å²) in [7, 11) is 1.54. The van der Waals surface area contributed by atoms with E-state index in [1.807, 2.05) is 18.2 Å². The lowest BCUT2D eigenvalue weighted by Gasteiger charge is -2.09. The molecule has 0 saturated heterocycles. The zero-order valence-corrected chi connectivity index (χ0v) is 12.0. The number of hydrogen-bond donors (Lipinski definition) is 1. The Bertz CT molecular complexity index is 573. The van der Waals surface area contributed by atoms with Gasteiger partial charge >= 0.3 is 0 Å². The number of methoxy groups -OCH3 is 1. The molecule has 0 radical (unpaired) electrons. The van der Waals surface area contributed by atoms with Crippen LogP contribution >= 0.6 is 15.9 Å². The SMILES string of the molecule is COc1cc(Br)ccc1C(=O)NCc1ccccn1. The van der Waals surface area contributed by atoms with Gasteiger partial charge in [0.2, 0.25) is 0 Å². The molecule has 19 heavy (non-hydrogen) atoms. The number of nitrogens with one attached hydrogen (secondary N) is 1. The fourth-order valence-electron chi connectivity index (χ4n) is 1.62. The van der Waals surface area contributed by atoms with Crippen molar-refractivity contribution < 1.29 is 9.53 Å². The molecule has 4 nitrogen and oxygen atoms in total. The zero-order chi connectivity index (χ0) is 13.7. The van der Waals surface area contributed by atoms with Crippen LogP contribution in [0, 0.1) is 0 Å². The Balaban J connectivity index is 2.08. The normalized spacial score (nSPS) is 10.0. The topological polar surface area (TPSA) is 51.2 Å². The standard InChI is InChI=1S/C14H13BrN2O2/c1-19-13-8-10(15)5-6-12(13)14(18)17-9-11-4-2-3-7-16-11/h2-8H,9H2,1H3,(H,17,18). The van der Waals surface area contributed by atoms with Gasteiger partial charge in [-0.05, 0) is 30.3 Å². The molecule has 0 unspecified atom stereocenters. The van der Waals surface area contributed by atoms with Crippen molar-refractivity contribution in [2.45, 2.75) is 6.54 Å². The smallest absolute Gasteiger partial charge is 0.255 e. The van der Waals surface area contributed by atoms with Gasteiger partial charge in [0.25, 0.3) is 5.91 Å². The van der Waals surface area contributed by atoms with Gasteiger partial charge < -0.3 is 10.1 Å². The molecule has 0 fully saturated rings. The van der Waals surface area contributed by atoms with E-state index >= 15 is 0 Å². The van der Waals surface area contributed by atoms with Crippen LogP contribution in [-0.2, 0) is 6.54 Å². The lowest BCUT2D eigenvalue weighted by molar-refractivity contribution is 0.0947. The maximum Gasteiger partial charge on any atom is 0.255 e. The molecule has 2 rings (SSSR count). The minimum absolute atomic E-state index is 0.185. The molecule has 1 amide bonds. The van der Waals surface area contributed by atoms with E-state index in [4.69, 9.17) is 4.74 Å². The number of halogens is 1. The summed E-state index contributed by atoms with van der Waals surface area (Å²) < 4.78 is 6.06. The van der Waals surface area contributed by atoms with Crippen LogP contribution in [0.15, 0.2) is 47.1 Å². The third-order valence-electron chi connectivity index (χ3n) is 2.56. The highest BCUT2D eigenvalue weighted by Gasteiger charge is 2.12. The molecule has 0 aliphatic carbocycles. The minimum atomic E-state index is -0.185. The van der Waals surface area contributed by atoms with Crippen LogP contribution in [0.1, 0.15) is 16.1 Å². The first-order valence-electron chi connectivity index (χ1n) is 5.72. The first kappa shape index (κ1) is 13.5. The second-order valence-corrected chi connectivity index (χ2v) is 4.76. The molecule has 1 aromatic carbocycles. The molecular formula is C14H13BrN2O2. The van der Waals surface area contributed by atoms with E-state index in [2.05, 4.69) is 26.2 Å². The van der Waals surface area contributed by atoms with Crippen LogP contribution in [0.3, 0.4) is 0 Å². The van der Waals surface area contributed by atoms with E-state index in [1.165, 1.54) is 7.11 Å². The van der Waals surface area contributed by atoms with Gasteiger partial charge in [0.1, 0.15) is 5.75 Å². The maximum atomic E-state index is 12.1. The van der Waals surface area contributed by atoms with Gasteiger partial charge in [-0.15, -0.1) is 0 Å². The van der Waals surface area contributed by atoms with Crippen LogP contribution in [0.5, 0.6) is 5.75 Å². The van der Waals surface area contributed by atoms with Crippen molar-refractivity contribution >= 4 is 21.8 Å². The molecule has 0 saturated carbocycles. The fraction of sp³-hybridized carbons (Fsp3) is 0.143. The highest BCUT2D eigenvalue weighted by Crippen LogP contribution is 2.23. The maximum absolute atomic E-state index is 12.1.